The molecule has 0 aromatic carbocycles. The van der Waals surface area contributed by atoms with Gasteiger partial charge in [-0.3, -0.25) is 9.59 Å². The summed E-state index contributed by atoms with van der Waals surface area (Å²) in [7, 11) is 0. The number of ether oxygens (including phenoxy) is 1. The molecule has 0 aliphatic heterocycles. The predicted octanol–water partition coefficient (Wildman–Crippen LogP) is 22.8. The Morgan fingerprint density at radius 2 is 0.610 bits per heavy atom. The quantitative estimate of drug-likeness (QED) is 0.0320. The van der Waals surface area contributed by atoms with Gasteiger partial charge >= 0.3 is 5.97 Å². The van der Waals surface area contributed by atoms with Crippen molar-refractivity contribution in [3.05, 3.63) is 12.2 Å². The van der Waals surface area contributed by atoms with Crippen LogP contribution in [0.2, 0.25) is 0 Å². The molecular weight excluding hydrogens is 947 g/mol. The molecule has 0 aliphatic rings. The van der Waals surface area contributed by atoms with Crippen LogP contribution in [-0.2, 0) is 14.3 Å². The van der Waals surface area contributed by atoms with Crippen LogP contribution in [0.1, 0.15) is 406 Å². The van der Waals surface area contributed by atoms with Gasteiger partial charge in [-0.2, -0.15) is 0 Å². The van der Waals surface area contributed by atoms with Gasteiger partial charge in [0.05, 0.1) is 25.4 Å². The molecule has 0 rings (SSSR count). The SMILES string of the molecule is CCCCCCCCCCCCCCCCCCCCCCCCCC(O)C(CO)NC(=O)CCCCCCCCCCC/C=C\CCCCCCCCCCCCCCOC(=O)CCCCCCCCCCCCCC. The van der Waals surface area contributed by atoms with E-state index in [-0.39, 0.29) is 18.5 Å². The number of aliphatic hydroxyl groups is 2. The first kappa shape index (κ1) is 75.6. The van der Waals surface area contributed by atoms with E-state index < -0.39 is 12.1 Å². The number of allylic oxidation sites excluding steroid dienone is 2. The minimum atomic E-state index is -0.667. The lowest BCUT2D eigenvalue weighted by atomic mass is 10.0. The summed E-state index contributed by atoms with van der Waals surface area (Å²) in [6, 6.07) is -0.544. The molecule has 0 bridgehead atoms. The largest absolute Gasteiger partial charge is 0.466 e. The van der Waals surface area contributed by atoms with Gasteiger partial charge in [-0.1, -0.05) is 353 Å². The van der Waals surface area contributed by atoms with Crippen LogP contribution < -0.4 is 5.32 Å². The minimum Gasteiger partial charge on any atom is -0.466 e. The highest BCUT2D eigenvalue weighted by Crippen LogP contribution is 2.19. The topological polar surface area (TPSA) is 95.9 Å². The zero-order valence-electron chi connectivity index (χ0n) is 52.5. The second-order valence-electron chi connectivity index (χ2n) is 24.6. The summed E-state index contributed by atoms with van der Waals surface area (Å²) in [5.74, 6) is -0.0176. The Bertz CT molecular complexity index is 1160. The maximum Gasteiger partial charge on any atom is 0.305 e. The van der Waals surface area contributed by atoms with Gasteiger partial charge in [0, 0.05) is 12.8 Å². The normalized spacial score (nSPS) is 12.5. The molecule has 0 fully saturated rings. The number of amides is 1. The highest BCUT2D eigenvalue weighted by atomic mass is 16.5. The van der Waals surface area contributed by atoms with Crippen LogP contribution in [0.15, 0.2) is 12.2 Å². The molecule has 458 valence electrons. The molecule has 0 aromatic rings. The number of carbonyl (C=O) groups is 2. The highest BCUT2D eigenvalue weighted by molar-refractivity contribution is 5.76. The van der Waals surface area contributed by atoms with Crippen molar-refractivity contribution in [2.45, 2.75) is 418 Å². The van der Waals surface area contributed by atoms with Crippen molar-refractivity contribution >= 4 is 11.9 Å². The molecule has 3 N–H and O–H groups in total. The van der Waals surface area contributed by atoms with Crippen molar-refractivity contribution in [3.63, 3.8) is 0 Å². The zero-order chi connectivity index (χ0) is 55.7. The lowest BCUT2D eigenvalue weighted by Crippen LogP contribution is -2.45. The van der Waals surface area contributed by atoms with E-state index in [2.05, 4.69) is 31.3 Å². The summed E-state index contributed by atoms with van der Waals surface area (Å²) < 4.78 is 5.48. The Morgan fingerprint density at radius 3 is 0.922 bits per heavy atom. The van der Waals surface area contributed by atoms with Gasteiger partial charge in [-0.25, -0.2) is 0 Å². The number of hydrogen-bond acceptors (Lipinski definition) is 5. The van der Waals surface area contributed by atoms with Crippen molar-refractivity contribution in [2.24, 2.45) is 0 Å². The molecule has 6 heteroatoms. The van der Waals surface area contributed by atoms with Gasteiger partial charge in [0.2, 0.25) is 5.91 Å². The van der Waals surface area contributed by atoms with Gasteiger partial charge in [-0.15, -0.1) is 0 Å². The number of rotatable bonds is 67. The van der Waals surface area contributed by atoms with E-state index in [0.29, 0.717) is 25.9 Å². The van der Waals surface area contributed by atoms with Crippen molar-refractivity contribution < 1.29 is 24.5 Å². The smallest absolute Gasteiger partial charge is 0.305 e. The first-order valence-electron chi connectivity index (χ1n) is 35.4. The summed E-state index contributed by atoms with van der Waals surface area (Å²) in [4.78, 5) is 24.6. The molecule has 0 radical (unpaired) electrons. The average Bonchev–Trinajstić information content (AvgIpc) is 3.43. The van der Waals surface area contributed by atoms with E-state index in [4.69, 9.17) is 4.74 Å². The van der Waals surface area contributed by atoms with Crippen LogP contribution in [0.3, 0.4) is 0 Å². The van der Waals surface area contributed by atoms with E-state index in [1.165, 1.54) is 334 Å². The molecule has 77 heavy (non-hydrogen) atoms. The molecule has 6 nitrogen and oxygen atoms in total. The van der Waals surface area contributed by atoms with E-state index in [9.17, 15) is 19.8 Å². The fourth-order valence-electron chi connectivity index (χ4n) is 11.4. The van der Waals surface area contributed by atoms with E-state index in [1.807, 2.05) is 0 Å². The lowest BCUT2D eigenvalue weighted by molar-refractivity contribution is -0.143. The second kappa shape index (κ2) is 67.1. The van der Waals surface area contributed by atoms with Crippen molar-refractivity contribution in [3.8, 4) is 0 Å². The molecule has 0 saturated carbocycles. The molecular formula is C71H139NO5. The molecule has 0 spiro atoms. The molecule has 0 heterocycles. The van der Waals surface area contributed by atoms with Crippen LogP contribution in [-0.4, -0.2) is 47.4 Å². The third-order valence-corrected chi connectivity index (χ3v) is 16.8. The molecule has 0 aromatic heterocycles. The van der Waals surface area contributed by atoms with Crippen LogP contribution in [0.25, 0.3) is 0 Å². The number of nitrogens with one attached hydrogen (secondary N) is 1. The lowest BCUT2D eigenvalue weighted by Gasteiger charge is -2.22. The van der Waals surface area contributed by atoms with Crippen LogP contribution in [0.4, 0.5) is 0 Å². The van der Waals surface area contributed by atoms with Crippen molar-refractivity contribution in [1.29, 1.82) is 0 Å². The fourth-order valence-corrected chi connectivity index (χ4v) is 11.4. The number of aliphatic hydroxyl groups excluding tert-OH is 2. The maximum atomic E-state index is 12.5. The van der Waals surface area contributed by atoms with E-state index in [0.717, 1.165) is 38.5 Å². The Balaban J connectivity index is 3.39. The second-order valence-corrected chi connectivity index (χ2v) is 24.6. The van der Waals surface area contributed by atoms with Crippen LogP contribution in [0.5, 0.6) is 0 Å². The first-order valence-corrected chi connectivity index (χ1v) is 35.4. The zero-order valence-corrected chi connectivity index (χ0v) is 52.5. The Labute approximate surface area is 482 Å². The van der Waals surface area contributed by atoms with Crippen molar-refractivity contribution in [1.82, 2.24) is 5.32 Å². The third-order valence-electron chi connectivity index (χ3n) is 16.8. The molecule has 0 aliphatic carbocycles. The summed E-state index contributed by atoms with van der Waals surface area (Å²) >= 11 is 0. The van der Waals surface area contributed by atoms with Crippen LogP contribution >= 0.6 is 0 Å². The average molecular weight is 1090 g/mol. The highest BCUT2D eigenvalue weighted by Gasteiger charge is 2.20. The number of hydrogen-bond donors (Lipinski definition) is 3. The molecule has 1 amide bonds. The Morgan fingerprint density at radius 1 is 0.351 bits per heavy atom. The van der Waals surface area contributed by atoms with E-state index in [1.54, 1.807) is 0 Å². The maximum absolute atomic E-state index is 12.5. The summed E-state index contributed by atoms with van der Waals surface area (Å²) in [6.45, 7) is 4.99. The molecule has 2 atom stereocenters. The molecule has 0 saturated heterocycles. The van der Waals surface area contributed by atoms with Crippen molar-refractivity contribution in [2.75, 3.05) is 13.2 Å². The van der Waals surface area contributed by atoms with Gasteiger partial charge in [-0.05, 0) is 51.4 Å². The third kappa shape index (κ3) is 63.6. The van der Waals surface area contributed by atoms with Gasteiger partial charge in [0.15, 0.2) is 0 Å². The molecule has 2 unspecified atom stereocenters. The fraction of sp³-hybridized carbons (Fsp3) is 0.944. The number of carbonyl (C=O) groups excluding carboxylic acids is 2. The van der Waals surface area contributed by atoms with Crippen LogP contribution in [0, 0.1) is 0 Å². The number of unbranched alkanes of at least 4 members (excludes halogenated alkanes) is 54. The first-order chi connectivity index (χ1) is 38.0. The summed E-state index contributed by atoms with van der Waals surface area (Å²) in [5.41, 5.74) is 0. The Kier molecular flexibility index (Phi) is 65.9. The van der Waals surface area contributed by atoms with Gasteiger partial charge in [0.25, 0.3) is 0 Å². The summed E-state index contributed by atoms with van der Waals surface area (Å²) in [6.07, 6.45) is 82.6. The standard InChI is InChI=1S/C71H139NO5/c1-3-5-7-9-11-13-15-17-18-19-20-21-25-28-31-34-37-40-43-47-51-55-59-63-69(74)68(67-73)72-70(75)64-60-56-52-48-44-41-38-35-32-29-26-23-22-24-27-30-33-36-39-42-46-50-54-58-62-66-77-71(76)65-61-57-53-49-45-16-14-12-10-8-6-4-2/h23,26,68-69,73-74H,3-22,24-25,27-67H2,1-2H3,(H,72,75)/b26-23-. The summed E-state index contributed by atoms with van der Waals surface area (Å²) in [5, 5.41) is 23.4. The van der Waals surface area contributed by atoms with Gasteiger partial charge in [0.1, 0.15) is 0 Å². The monoisotopic (exact) mass is 1090 g/mol. The minimum absolute atomic E-state index is 0.0153. The predicted molar refractivity (Wildman–Crippen MR) is 338 cm³/mol. The Hall–Kier alpha value is -1.40. The number of esters is 1. The van der Waals surface area contributed by atoms with Gasteiger partial charge < -0.3 is 20.3 Å². The van der Waals surface area contributed by atoms with E-state index >= 15 is 0 Å².